The van der Waals surface area contributed by atoms with Crippen molar-refractivity contribution in [3.05, 3.63) is 84.5 Å². The van der Waals surface area contributed by atoms with E-state index in [9.17, 15) is 14.7 Å². The molecule has 9 heteroatoms. The number of esters is 1. The third-order valence-corrected chi connectivity index (χ3v) is 6.43. The summed E-state index contributed by atoms with van der Waals surface area (Å²) in [4.78, 5) is 31.5. The third kappa shape index (κ3) is 4.22. The summed E-state index contributed by atoms with van der Waals surface area (Å²) in [5.74, 6) is 0.464. The number of phenolic OH excluding ortho intramolecular Hbond substituents is 1. The summed E-state index contributed by atoms with van der Waals surface area (Å²) in [7, 11) is 3.03. The van der Waals surface area contributed by atoms with Gasteiger partial charge in [0, 0.05) is 0 Å². The van der Waals surface area contributed by atoms with Gasteiger partial charge in [-0.2, -0.15) is 0 Å². The van der Waals surface area contributed by atoms with Crippen LogP contribution in [0.15, 0.2) is 63.5 Å². The second-order valence-corrected chi connectivity index (χ2v) is 8.52. The average Bonchev–Trinajstić information content (AvgIpc) is 3.13. The van der Waals surface area contributed by atoms with Crippen molar-refractivity contribution in [2.75, 3.05) is 20.8 Å². The first-order valence-corrected chi connectivity index (χ1v) is 11.4. The van der Waals surface area contributed by atoms with Crippen molar-refractivity contribution in [2.24, 2.45) is 4.99 Å². The third-order valence-electron chi connectivity index (χ3n) is 5.45. The summed E-state index contributed by atoms with van der Waals surface area (Å²) in [5, 5.41) is 9.87. The van der Waals surface area contributed by atoms with E-state index in [1.54, 1.807) is 51.3 Å². The van der Waals surface area contributed by atoms with Crippen LogP contribution in [0.4, 0.5) is 0 Å². The van der Waals surface area contributed by atoms with E-state index in [-0.39, 0.29) is 17.9 Å². The molecular weight excluding hydrogens is 456 g/mol. The zero-order valence-electron chi connectivity index (χ0n) is 19.2. The van der Waals surface area contributed by atoms with E-state index in [4.69, 9.17) is 14.2 Å². The van der Waals surface area contributed by atoms with Gasteiger partial charge in [-0.15, -0.1) is 0 Å². The van der Waals surface area contributed by atoms with E-state index >= 15 is 0 Å². The number of ether oxygens (including phenoxy) is 3. The van der Waals surface area contributed by atoms with Crippen LogP contribution in [0.25, 0.3) is 6.08 Å². The molecule has 2 aromatic carbocycles. The maximum atomic E-state index is 13.6. The van der Waals surface area contributed by atoms with Gasteiger partial charge in [-0.3, -0.25) is 9.36 Å². The van der Waals surface area contributed by atoms with Crippen LogP contribution in [0.2, 0.25) is 0 Å². The second-order valence-electron chi connectivity index (χ2n) is 7.51. The van der Waals surface area contributed by atoms with Crippen LogP contribution in [0.3, 0.4) is 0 Å². The van der Waals surface area contributed by atoms with Crippen LogP contribution in [0.5, 0.6) is 17.2 Å². The number of phenols is 1. The fourth-order valence-corrected chi connectivity index (χ4v) is 4.88. The Morgan fingerprint density at radius 2 is 1.91 bits per heavy atom. The minimum atomic E-state index is -0.697. The van der Waals surface area contributed by atoms with E-state index < -0.39 is 12.0 Å². The van der Waals surface area contributed by atoms with Gasteiger partial charge in [-0.25, -0.2) is 9.79 Å². The van der Waals surface area contributed by atoms with Gasteiger partial charge in [0.15, 0.2) is 16.3 Å². The minimum Gasteiger partial charge on any atom is -0.504 e. The molecule has 0 bridgehead atoms. The first kappa shape index (κ1) is 23.3. The number of allylic oxidation sites excluding steroid dienone is 1. The van der Waals surface area contributed by atoms with Gasteiger partial charge in [0.05, 0.1) is 42.7 Å². The highest BCUT2D eigenvalue weighted by atomic mass is 32.1. The SMILES string of the molecule is CCOC(=O)C1=C(C)N=c2sc(=Cc3ccc(O)c(OC)c3)c(=O)n2C1c1ccc(OC)cc1. The molecular formula is C25H24N2O6S. The minimum absolute atomic E-state index is 0.00955. The smallest absolute Gasteiger partial charge is 0.338 e. The predicted octanol–water partition coefficient (Wildman–Crippen LogP) is 2.52. The van der Waals surface area contributed by atoms with Gasteiger partial charge >= 0.3 is 5.97 Å². The number of hydrogen-bond donors (Lipinski definition) is 1. The van der Waals surface area contributed by atoms with Crippen molar-refractivity contribution in [1.82, 2.24) is 4.57 Å². The molecule has 1 aliphatic rings. The summed E-state index contributed by atoms with van der Waals surface area (Å²) in [5.41, 5.74) is 1.95. The molecule has 1 N–H and O–H groups in total. The normalized spacial score (nSPS) is 15.5. The number of rotatable bonds is 6. The molecule has 8 nitrogen and oxygen atoms in total. The van der Waals surface area contributed by atoms with E-state index in [1.807, 2.05) is 12.1 Å². The molecule has 0 saturated carbocycles. The molecule has 0 amide bonds. The van der Waals surface area contributed by atoms with E-state index in [0.29, 0.717) is 37.7 Å². The van der Waals surface area contributed by atoms with Gasteiger partial charge < -0.3 is 19.3 Å². The van der Waals surface area contributed by atoms with Gasteiger partial charge in [0.25, 0.3) is 5.56 Å². The van der Waals surface area contributed by atoms with Crippen molar-refractivity contribution in [3.8, 4) is 17.2 Å². The molecule has 1 aromatic heterocycles. The van der Waals surface area contributed by atoms with Gasteiger partial charge in [0.1, 0.15) is 5.75 Å². The maximum absolute atomic E-state index is 13.6. The Morgan fingerprint density at radius 3 is 2.56 bits per heavy atom. The van der Waals surface area contributed by atoms with Crippen molar-refractivity contribution >= 4 is 23.4 Å². The lowest BCUT2D eigenvalue weighted by Gasteiger charge is -2.24. The number of carbonyl (C=O) groups excluding carboxylic acids is 1. The largest absolute Gasteiger partial charge is 0.504 e. The lowest BCUT2D eigenvalue weighted by molar-refractivity contribution is -0.139. The highest BCUT2D eigenvalue weighted by Gasteiger charge is 2.33. The van der Waals surface area contributed by atoms with E-state index in [2.05, 4.69) is 4.99 Å². The van der Waals surface area contributed by atoms with Gasteiger partial charge in [0.2, 0.25) is 0 Å². The Kier molecular flexibility index (Phi) is 6.56. The van der Waals surface area contributed by atoms with Crippen LogP contribution in [-0.4, -0.2) is 36.5 Å². The summed E-state index contributed by atoms with van der Waals surface area (Å²) >= 11 is 1.23. The van der Waals surface area contributed by atoms with Crippen LogP contribution >= 0.6 is 11.3 Å². The quantitative estimate of drug-likeness (QED) is 0.545. The van der Waals surface area contributed by atoms with Gasteiger partial charge in [-0.05, 0) is 55.3 Å². The number of fused-ring (bicyclic) bond motifs is 1. The van der Waals surface area contributed by atoms with Crippen LogP contribution in [0, 0.1) is 0 Å². The van der Waals surface area contributed by atoms with Crippen molar-refractivity contribution in [2.45, 2.75) is 19.9 Å². The predicted molar refractivity (Wildman–Crippen MR) is 128 cm³/mol. The summed E-state index contributed by atoms with van der Waals surface area (Å²) in [6.07, 6.45) is 1.71. The highest BCUT2D eigenvalue weighted by Crippen LogP contribution is 2.31. The Balaban J connectivity index is 1.93. The van der Waals surface area contributed by atoms with Crippen molar-refractivity contribution < 1.29 is 24.1 Å². The molecule has 176 valence electrons. The first-order valence-electron chi connectivity index (χ1n) is 10.6. The summed E-state index contributed by atoms with van der Waals surface area (Å²) in [6, 6.07) is 11.4. The number of thiazole rings is 1. The zero-order chi connectivity index (χ0) is 24.4. The molecule has 0 fully saturated rings. The second kappa shape index (κ2) is 9.56. The van der Waals surface area contributed by atoms with E-state index in [0.717, 1.165) is 5.56 Å². The first-order chi connectivity index (χ1) is 16.4. The number of benzene rings is 2. The highest BCUT2D eigenvalue weighted by molar-refractivity contribution is 7.07. The number of aromatic hydroxyl groups is 1. The molecule has 0 aliphatic carbocycles. The maximum Gasteiger partial charge on any atom is 0.338 e. The zero-order valence-corrected chi connectivity index (χ0v) is 20.0. The fourth-order valence-electron chi connectivity index (χ4n) is 3.83. The molecule has 3 aromatic rings. The number of methoxy groups -OCH3 is 2. The molecule has 1 unspecified atom stereocenters. The van der Waals surface area contributed by atoms with Gasteiger partial charge in [-0.1, -0.05) is 29.5 Å². The topological polar surface area (TPSA) is 99.4 Å². The van der Waals surface area contributed by atoms with E-state index in [1.165, 1.54) is 29.1 Å². The molecule has 2 heterocycles. The Morgan fingerprint density at radius 1 is 1.18 bits per heavy atom. The number of nitrogens with zero attached hydrogens (tertiary/aromatic N) is 2. The standard InChI is InChI=1S/C25H24N2O6S/c1-5-33-24(30)21-14(2)26-25-27(22(21)16-7-9-17(31-3)10-8-16)23(29)20(34-25)13-15-6-11-18(28)19(12-15)32-4/h6-13,22,28H,5H2,1-4H3. The van der Waals surface area contributed by atoms with Crippen molar-refractivity contribution in [3.63, 3.8) is 0 Å². The lowest BCUT2D eigenvalue weighted by atomic mass is 9.96. The number of hydrogen-bond acceptors (Lipinski definition) is 8. The monoisotopic (exact) mass is 480 g/mol. The molecule has 0 saturated heterocycles. The Bertz CT molecular complexity index is 1450. The molecule has 0 spiro atoms. The fraction of sp³-hybridized carbons (Fsp3) is 0.240. The van der Waals surface area contributed by atoms with Crippen molar-refractivity contribution in [1.29, 1.82) is 0 Å². The molecule has 1 atom stereocenters. The molecule has 0 radical (unpaired) electrons. The number of aromatic nitrogens is 1. The average molecular weight is 481 g/mol. The molecule has 4 rings (SSSR count). The van der Waals surface area contributed by atoms with Crippen LogP contribution in [0.1, 0.15) is 31.0 Å². The van der Waals surface area contributed by atoms with Crippen LogP contribution < -0.4 is 24.4 Å². The molecule has 34 heavy (non-hydrogen) atoms. The lowest BCUT2D eigenvalue weighted by Crippen LogP contribution is -2.39. The number of carbonyl (C=O) groups is 1. The molecule has 1 aliphatic heterocycles. The Hall–Kier alpha value is -3.85. The summed E-state index contributed by atoms with van der Waals surface area (Å²) < 4.78 is 17.7. The van der Waals surface area contributed by atoms with Crippen LogP contribution in [-0.2, 0) is 9.53 Å². The Labute approximate surface area is 199 Å². The summed E-state index contributed by atoms with van der Waals surface area (Å²) in [6.45, 7) is 3.68.